The first kappa shape index (κ1) is 16.5. The van der Waals surface area contributed by atoms with Gasteiger partial charge in [0.15, 0.2) is 0 Å². The van der Waals surface area contributed by atoms with Gasteiger partial charge in [-0.2, -0.15) is 24.7 Å². The Morgan fingerprint density at radius 3 is 1.47 bits per heavy atom. The molecule has 0 aromatic carbocycles. The summed E-state index contributed by atoms with van der Waals surface area (Å²) in [6, 6.07) is 0. The molecule has 4 atom stereocenters. The van der Waals surface area contributed by atoms with Crippen molar-refractivity contribution in [3.63, 3.8) is 0 Å². The summed E-state index contributed by atoms with van der Waals surface area (Å²) < 4.78 is 0. The fourth-order valence-electron chi connectivity index (χ4n) is 4.96. The van der Waals surface area contributed by atoms with E-state index in [2.05, 4.69) is 12.8 Å². The normalized spacial score (nSPS) is 40.4. The van der Waals surface area contributed by atoms with Crippen molar-refractivity contribution in [2.45, 2.75) is 77.0 Å². The molecule has 0 amide bonds. The second kappa shape index (κ2) is 8.52. The minimum absolute atomic E-state index is 0. The minimum atomic E-state index is 0. The van der Waals surface area contributed by atoms with Gasteiger partial charge in [0, 0.05) is 32.7 Å². The van der Waals surface area contributed by atoms with Gasteiger partial charge in [-0.15, -0.1) is 0 Å². The van der Waals surface area contributed by atoms with Crippen LogP contribution >= 0.6 is 0 Å². The molecule has 0 heterocycles. The average Bonchev–Trinajstić information content (AvgIpc) is 3.10. The molecule has 4 fully saturated rings. The van der Waals surface area contributed by atoms with Crippen molar-refractivity contribution in [1.29, 1.82) is 0 Å². The van der Waals surface area contributed by atoms with E-state index < -0.39 is 0 Å². The van der Waals surface area contributed by atoms with E-state index in [-0.39, 0.29) is 32.7 Å². The van der Waals surface area contributed by atoms with Gasteiger partial charge in [-0.25, -0.2) is 0 Å². The Bertz CT molecular complexity index is 218. The van der Waals surface area contributed by atoms with Crippen molar-refractivity contribution in [1.82, 2.24) is 0 Å². The quantitative estimate of drug-likeness (QED) is 0.507. The monoisotopic (exact) mass is 335 g/mol. The van der Waals surface area contributed by atoms with Crippen LogP contribution in [0.25, 0.3) is 0 Å². The van der Waals surface area contributed by atoms with Crippen molar-refractivity contribution in [3.8, 4) is 0 Å². The van der Waals surface area contributed by atoms with Crippen LogP contribution < -0.4 is 0 Å². The van der Waals surface area contributed by atoms with Crippen molar-refractivity contribution in [3.05, 3.63) is 12.8 Å². The molecule has 0 nitrogen and oxygen atoms in total. The molecule has 0 aliphatic heterocycles. The third-order valence-electron chi connectivity index (χ3n) is 5.86. The Morgan fingerprint density at radius 2 is 1.05 bits per heavy atom. The standard InChI is InChI=1S/C13H21.C5H9.Y/c1-3-7-12-10(5-1)9-11-6-2-4-8-13(11)12;1-2-4-5-3-1;/h9-13H,1-8H2;1H,2-5H2;/q2*-1;. The molecule has 0 saturated heterocycles. The molecule has 0 aromatic heterocycles. The molecule has 19 heavy (non-hydrogen) atoms. The van der Waals surface area contributed by atoms with Crippen molar-refractivity contribution in [2.75, 3.05) is 0 Å². The zero-order valence-electron chi connectivity index (χ0n) is 12.5. The molecular weight excluding hydrogens is 305 g/mol. The molecule has 0 spiro atoms. The average molecular weight is 335 g/mol. The van der Waals surface area contributed by atoms with E-state index in [1.807, 2.05) is 0 Å². The SMILES string of the molecule is [CH-]1C2CCCCC2C2CCCCC12.[CH-]1CCCC1.[Y]. The first-order valence-corrected chi connectivity index (χ1v) is 8.62. The minimum Gasteiger partial charge on any atom is -0.328 e. The molecular formula is C18H30Y-2. The maximum atomic E-state index is 2.76. The van der Waals surface area contributed by atoms with E-state index in [0.29, 0.717) is 0 Å². The zero-order valence-corrected chi connectivity index (χ0v) is 15.4. The van der Waals surface area contributed by atoms with E-state index >= 15 is 0 Å². The van der Waals surface area contributed by atoms with Crippen LogP contribution in [0.2, 0.25) is 0 Å². The van der Waals surface area contributed by atoms with E-state index in [9.17, 15) is 0 Å². The van der Waals surface area contributed by atoms with Crippen LogP contribution in [0.1, 0.15) is 77.0 Å². The van der Waals surface area contributed by atoms with Crippen LogP contribution in [0, 0.1) is 36.5 Å². The fraction of sp³-hybridized carbons (Fsp3) is 0.889. The Balaban J connectivity index is 0.000000190. The molecule has 107 valence electrons. The van der Waals surface area contributed by atoms with Gasteiger partial charge in [-0.05, 0) is 0 Å². The number of hydrogen-bond acceptors (Lipinski definition) is 0. The summed E-state index contributed by atoms with van der Waals surface area (Å²) in [4.78, 5) is 0. The van der Waals surface area contributed by atoms with E-state index in [1.165, 1.54) is 64.2 Å². The van der Waals surface area contributed by atoms with Crippen LogP contribution in [0.5, 0.6) is 0 Å². The molecule has 4 aliphatic carbocycles. The van der Waals surface area contributed by atoms with Crippen LogP contribution in [-0.2, 0) is 32.7 Å². The summed E-state index contributed by atoms with van der Waals surface area (Å²) in [5.74, 6) is 4.33. The van der Waals surface area contributed by atoms with E-state index in [4.69, 9.17) is 0 Å². The smallest absolute Gasteiger partial charge is 0 e. The van der Waals surface area contributed by atoms with Crippen molar-refractivity contribution in [2.24, 2.45) is 23.7 Å². The maximum Gasteiger partial charge on any atom is 0 e. The molecule has 1 heteroatoms. The van der Waals surface area contributed by atoms with Gasteiger partial charge in [0.25, 0.3) is 0 Å². The summed E-state index contributed by atoms with van der Waals surface area (Å²) in [6.45, 7) is 0. The van der Waals surface area contributed by atoms with Gasteiger partial charge < -0.3 is 12.8 Å². The van der Waals surface area contributed by atoms with Gasteiger partial charge >= 0.3 is 0 Å². The summed E-state index contributed by atoms with van der Waals surface area (Å²) in [7, 11) is 0. The maximum absolute atomic E-state index is 2.76. The molecule has 0 aromatic rings. The van der Waals surface area contributed by atoms with Gasteiger partial charge in [-0.1, -0.05) is 76.0 Å². The summed E-state index contributed by atoms with van der Waals surface area (Å²) in [5.41, 5.74) is 0. The molecule has 4 unspecified atom stereocenters. The van der Waals surface area contributed by atoms with E-state index in [1.54, 1.807) is 12.8 Å². The Kier molecular flexibility index (Phi) is 7.39. The van der Waals surface area contributed by atoms with Crippen molar-refractivity contribution >= 4 is 0 Å². The predicted molar refractivity (Wildman–Crippen MR) is 78.0 cm³/mol. The van der Waals surface area contributed by atoms with Crippen LogP contribution in [0.3, 0.4) is 0 Å². The van der Waals surface area contributed by atoms with Gasteiger partial charge in [-0.3, -0.25) is 0 Å². The summed E-state index contributed by atoms with van der Waals surface area (Å²) in [6.07, 6.45) is 23.0. The van der Waals surface area contributed by atoms with Gasteiger partial charge in [0.2, 0.25) is 0 Å². The molecule has 4 rings (SSSR count). The van der Waals surface area contributed by atoms with E-state index in [0.717, 1.165) is 23.7 Å². The second-order valence-electron chi connectivity index (χ2n) is 6.99. The summed E-state index contributed by atoms with van der Waals surface area (Å²) >= 11 is 0. The molecule has 4 saturated carbocycles. The van der Waals surface area contributed by atoms with Crippen LogP contribution in [-0.4, -0.2) is 0 Å². The Morgan fingerprint density at radius 1 is 0.579 bits per heavy atom. The topological polar surface area (TPSA) is 0 Å². The van der Waals surface area contributed by atoms with Gasteiger partial charge in [0.1, 0.15) is 0 Å². The van der Waals surface area contributed by atoms with Crippen LogP contribution in [0.4, 0.5) is 0 Å². The largest absolute Gasteiger partial charge is 0.328 e. The van der Waals surface area contributed by atoms with Crippen LogP contribution in [0.15, 0.2) is 0 Å². The number of hydrogen-bond donors (Lipinski definition) is 0. The third kappa shape index (κ3) is 4.29. The Hall–Kier alpha value is 1.10. The summed E-state index contributed by atoms with van der Waals surface area (Å²) in [5, 5.41) is 0. The first-order valence-electron chi connectivity index (χ1n) is 8.62. The second-order valence-corrected chi connectivity index (χ2v) is 6.99. The number of rotatable bonds is 0. The molecule has 0 N–H and O–H groups in total. The van der Waals surface area contributed by atoms with Crippen molar-refractivity contribution < 1.29 is 32.7 Å². The zero-order chi connectivity index (χ0) is 12.2. The Labute approximate surface area is 145 Å². The van der Waals surface area contributed by atoms with Gasteiger partial charge in [0.05, 0.1) is 0 Å². The molecule has 4 aliphatic rings. The number of fused-ring (bicyclic) bond motifs is 3. The third-order valence-corrected chi connectivity index (χ3v) is 5.86. The fourth-order valence-corrected chi connectivity index (χ4v) is 4.96. The predicted octanol–water partition coefficient (Wildman–Crippen LogP) is 5.58. The molecule has 1 radical (unpaired) electrons. The molecule has 0 bridgehead atoms. The first-order chi connectivity index (χ1) is 8.95.